The van der Waals surface area contributed by atoms with Crippen LogP contribution in [-0.2, 0) is 24.3 Å². The van der Waals surface area contributed by atoms with Gasteiger partial charge in [-0.1, -0.05) is 24.3 Å². The van der Waals surface area contributed by atoms with E-state index in [0.717, 1.165) is 60.9 Å². The Morgan fingerprint density at radius 3 is 2.53 bits per heavy atom. The van der Waals surface area contributed by atoms with Gasteiger partial charge in [0.25, 0.3) is 0 Å². The average molecular weight is 431 g/mol. The first-order valence-electron chi connectivity index (χ1n) is 12.4. The highest BCUT2D eigenvalue weighted by Crippen LogP contribution is 2.61. The van der Waals surface area contributed by atoms with E-state index in [1.165, 1.54) is 49.7 Å². The number of amides is 1. The van der Waals surface area contributed by atoms with Crippen molar-refractivity contribution in [2.45, 2.75) is 71.4 Å². The zero-order chi connectivity index (χ0) is 21.7. The van der Waals surface area contributed by atoms with Crippen LogP contribution in [0.2, 0.25) is 0 Å². The zero-order valence-corrected chi connectivity index (χ0v) is 19.1. The van der Waals surface area contributed by atoms with Gasteiger partial charge >= 0.3 is 0 Å². The first-order valence-corrected chi connectivity index (χ1v) is 12.4. The summed E-state index contributed by atoms with van der Waals surface area (Å²) in [7, 11) is 0. The quantitative estimate of drug-likeness (QED) is 0.734. The number of nitrogens with zero attached hydrogens (tertiary/aromatic N) is 3. The molecule has 2 heterocycles. The van der Waals surface area contributed by atoms with E-state index in [1.54, 1.807) is 6.33 Å². The van der Waals surface area contributed by atoms with E-state index in [9.17, 15) is 4.79 Å². The predicted octanol–water partition coefficient (Wildman–Crippen LogP) is 4.89. The summed E-state index contributed by atoms with van der Waals surface area (Å²) in [5.74, 6) is 3.54. The summed E-state index contributed by atoms with van der Waals surface area (Å²) in [5.41, 5.74) is 5.15. The Balaban J connectivity index is 1.13. The third-order valence-electron chi connectivity index (χ3n) is 8.70. The van der Waals surface area contributed by atoms with Crippen LogP contribution >= 0.6 is 0 Å². The van der Waals surface area contributed by atoms with Crippen LogP contribution < -0.4 is 5.32 Å². The van der Waals surface area contributed by atoms with Gasteiger partial charge in [-0.05, 0) is 86.2 Å². The Kier molecular flexibility index (Phi) is 5.05. The summed E-state index contributed by atoms with van der Waals surface area (Å²) in [6.07, 6.45) is 11.2. The fourth-order valence-corrected chi connectivity index (χ4v) is 7.70. The number of anilines is 1. The van der Waals surface area contributed by atoms with Gasteiger partial charge < -0.3 is 5.32 Å². The third kappa shape index (κ3) is 3.85. The summed E-state index contributed by atoms with van der Waals surface area (Å²) >= 11 is 0. The summed E-state index contributed by atoms with van der Waals surface area (Å²) in [6, 6.07) is 8.59. The molecule has 2 aromatic rings. The Hall–Kier alpha value is -2.27. The van der Waals surface area contributed by atoms with Crippen LogP contribution in [0.25, 0.3) is 0 Å². The van der Waals surface area contributed by atoms with Crippen LogP contribution in [0.1, 0.15) is 67.3 Å². The Morgan fingerprint density at radius 2 is 1.81 bits per heavy atom. The van der Waals surface area contributed by atoms with Gasteiger partial charge in [-0.2, -0.15) is 0 Å². The van der Waals surface area contributed by atoms with Crippen LogP contribution in [0.3, 0.4) is 0 Å². The molecule has 0 unspecified atom stereocenters. The highest BCUT2D eigenvalue weighted by molar-refractivity contribution is 5.91. The fraction of sp³-hybridized carbons (Fsp3) is 0.593. The molecule has 32 heavy (non-hydrogen) atoms. The first-order chi connectivity index (χ1) is 15.6. The Morgan fingerprint density at radius 1 is 1.09 bits per heavy atom. The molecule has 1 aromatic heterocycles. The number of fused-ring (bicyclic) bond motifs is 1. The smallest absolute Gasteiger partial charge is 0.226 e. The SMILES string of the molecule is Cc1ccccc1CN1CCc2c(ncnc2NC(=O)CC23CC4CC(CC(C4)C2)C3)C1. The van der Waals surface area contributed by atoms with Gasteiger partial charge in [0.2, 0.25) is 5.91 Å². The molecule has 0 spiro atoms. The van der Waals surface area contributed by atoms with Crippen LogP contribution in [0.5, 0.6) is 0 Å². The lowest BCUT2D eigenvalue weighted by atomic mass is 9.49. The van der Waals surface area contributed by atoms with Gasteiger partial charge in [-0.25, -0.2) is 9.97 Å². The molecule has 5 nitrogen and oxygen atoms in total. The molecule has 1 amide bonds. The summed E-state index contributed by atoms with van der Waals surface area (Å²) < 4.78 is 0. The third-order valence-corrected chi connectivity index (χ3v) is 8.70. The molecular formula is C27H34N4O. The lowest BCUT2D eigenvalue weighted by Crippen LogP contribution is -2.47. The van der Waals surface area contributed by atoms with Gasteiger partial charge in [-0.3, -0.25) is 9.69 Å². The van der Waals surface area contributed by atoms with E-state index < -0.39 is 0 Å². The van der Waals surface area contributed by atoms with E-state index in [2.05, 4.69) is 51.4 Å². The Labute approximate surface area is 191 Å². The molecule has 168 valence electrons. The second-order valence-corrected chi connectivity index (χ2v) is 11.2. The standard InChI is InChI=1S/C27H34N4O/c1-18-4-2-3-5-22(18)15-31-7-6-23-24(16-31)28-17-29-26(23)30-25(32)14-27-11-19-8-20(12-27)10-21(9-19)13-27/h2-5,17,19-21H,6-16H2,1H3,(H,28,29,30,32). The minimum atomic E-state index is 0.162. The molecule has 1 aromatic carbocycles. The second-order valence-electron chi connectivity index (χ2n) is 11.2. The van der Waals surface area contributed by atoms with E-state index in [-0.39, 0.29) is 11.3 Å². The highest BCUT2D eigenvalue weighted by Gasteiger charge is 2.51. The van der Waals surface area contributed by atoms with E-state index in [1.807, 2.05) is 0 Å². The molecule has 7 rings (SSSR count). The van der Waals surface area contributed by atoms with E-state index in [0.29, 0.717) is 6.42 Å². The number of hydrogen-bond donors (Lipinski definition) is 1. The van der Waals surface area contributed by atoms with Crippen LogP contribution in [-0.4, -0.2) is 27.3 Å². The first kappa shape index (κ1) is 20.3. The number of nitrogens with one attached hydrogen (secondary N) is 1. The van der Waals surface area contributed by atoms with E-state index in [4.69, 9.17) is 0 Å². The van der Waals surface area contributed by atoms with Crippen molar-refractivity contribution >= 4 is 11.7 Å². The molecule has 4 bridgehead atoms. The highest BCUT2D eigenvalue weighted by atomic mass is 16.1. The molecule has 4 aliphatic carbocycles. The molecule has 4 saturated carbocycles. The largest absolute Gasteiger partial charge is 0.310 e. The molecule has 0 atom stereocenters. The van der Waals surface area contributed by atoms with Crippen LogP contribution in [0.15, 0.2) is 30.6 Å². The van der Waals surface area contributed by atoms with Crippen LogP contribution in [0.4, 0.5) is 5.82 Å². The maximum atomic E-state index is 13.1. The fourth-order valence-electron chi connectivity index (χ4n) is 7.70. The van der Waals surface area contributed by atoms with Crippen molar-refractivity contribution < 1.29 is 4.79 Å². The molecule has 0 saturated heterocycles. The van der Waals surface area contributed by atoms with Gasteiger partial charge in [0.15, 0.2) is 0 Å². The maximum absolute atomic E-state index is 13.1. The van der Waals surface area contributed by atoms with Crippen molar-refractivity contribution in [1.82, 2.24) is 14.9 Å². The van der Waals surface area contributed by atoms with Gasteiger partial charge in [-0.15, -0.1) is 0 Å². The summed E-state index contributed by atoms with van der Waals surface area (Å²) in [4.78, 5) is 24.7. The molecule has 1 N–H and O–H groups in total. The zero-order valence-electron chi connectivity index (χ0n) is 19.1. The second kappa shape index (κ2) is 7.95. The lowest BCUT2D eigenvalue weighted by molar-refractivity contribution is -0.124. The lowest BCUT2D eigenvalue weighted by Gasteiger charge is -2.56. The van der Waals surface area contributed by atoms with Gasteiger partial charge in [0, 0.05) is 31.6 Å². The normalized spacial score (nSPS) is 30.8. The summed E-state index contributed by atoms with van der Waals surface area (Å²) in [5, 5.41) is 3.21. The number of carbonyl (C=O) groups excluding carboxylic acids is 1. The van der Waals surface area contributed by atoms with Crippen molar-refractivity contribution in [3.8, 4) is 0 Å². The molecule has 4 fully saturated rings. The van der Waals surface area contributed by atoms with Gasteiger partial charge in [0.1, 0.15) is 12.1 Å². The number of aromatic nitrogens is 2. The average Bonchev–Trinajstić information content (AvgIpc) is 2.74. The maximum Gasteiger partial charge on any atom is 0.226 e. The molecule has 5 aliphatic rings. The predicted molar refractivity (Wildman–Crippen MR) is 125 cm³/mol. The van der Waals surface area contributed by atoms with E-state index >= 15 is 0 Å². The van der Waals surface area contributed by atoms with Gasteiger partial charge in [0.05, 0.1) is 5.69 Å². The monoisotopic (exact) mass is 430 g/mol. The number of rotatable bonds is 5. The molecule has 0 radical (unpaired) electrons. The Bertz CT molecular complexity index is 997. The minimum Gasteiger partial charge on any atom is -0.310 e. The van der Waals surface area contributed by atoms with Crippen molar-refractivity contribution in [2.75, 3.05) is 11.9 Å². The number of aryl methyl sites for hydroxylation is 1. The molecule has 1 aliphatic heterocycles. The van der Waals surface area contributed by atoms with Crippen molar-refractivity contribution in [2.24, 2.45) is 23.2 Å². The molecular weight excluding hydrogens is 396 g/mol. The van der Waals surface area contributed by atoms with Crippen molar-refractivity contribution in [3.05, 3.63) is 53.0 Å². The topological polar surface area (TPSA) is 58.1 Å². The minimum absolute atomic E-state index is 0.162. The number of carbonyl (C=O) groups is 1. The molecule has 5 heteroatoms. The number of hydrogen-bond acceptors (Lipinski definition) is 4. The number of benzene rings is 1. The van der Waals surface area contributed by atoms with Crippen molar-refractivity contribution in [1.29, 1.82) is 0 Å². The summed E-state index contributed by atoms with van der Waals surface area (Å²) in [6.45, 7) is 4.88. The van der Waals surface area contributed by atoms with Crippen molar-refractivity contribution in [3.63, 3.8) is 0 Å². The van der Waals surface area contributed by atoms with Crippen LogP contribution in [0, 0.1) is 30.1 Å².